The van der Waals surface area contributed by atoms with Crippen LogP contribution in [0.4, 0.5) is 10.2 Å². The highest BCUT2D eigenvalue weighted by Gasteiger charge is 2.06. The van der Waals surface area contributed by atoms with Crippen LogP contribution >= 0.6 is 11.6 Å². The normalized spacial score (nSPS) is 10.2. The Morgan fingerprint density at radius 1 is 1.39 bits per heavy atom. The van der Waals surface area contributed by atoms with Gasteiger partial charge in [0.1, 0.15) is 5.82 Å². The SMILES string of the molecule is CC(=O)Nc1cncc(-c2ccc(F)c(Cl)c2)n1. The summed E-state index contributed by atoms with van der Waals surface area (Å²) in [5.41, 5.74) is 1.13. The van der Waals surface area contributed by atoms with Crippen molar-refractivity contribution in [1.29, 1.82) is 0 Å². The molecular weight excluding hydrogens is 257 g/mol. The molecule has 0 fully saturated rings. The Morgan fingerprint density at radius 3 is 2.83 bits per heavy atom. The van der Waals surface area contributed by atoms with Crippen molar-refractivity contribution in [2.45, 2.75) is 6.92 Å². The molecule has 1 N–H and O–H groups in total. The summed E-state index contributed by atoms with van der Waals surface area (Å²) in [7, 11) is 0. The van der Waals surface area contributed by atoms with Crippen molar-refractivity contribution >= 4 is 23.3 Å². The largest absolute Gasteiger partial charge is 0.310 e. The smallest absolute Gasteiger partial charge is 0.222 e. The van der Waals surface area contributed by atoms with Gasteiger partial charge in [0.2, 0.25) is 5.91 Å². The summed E-state index contributed by atoms with van der Waals surface area (Å²) in [5, 5.41) is 2.53. The van der Waals surface area contributed by atoms with Crippen LogP contribution in [0.25, 0.3) is 11.3 Å². The Hall–Kier alpha value is -2.01. The molecule has 0 aliphatic heterocycles. The van der Waals surface area contributed by atoms with Gasteiger partial charge in [-0.1, -0.05) is 11.6 Å². The first-order chi connectivity index (χ1) is 8.56. The van der Waals surface area contributed by atoms with E-state index in [1.54, 1.807) is 6.07 Å². The molecule has 0 aliphatic rings. The van der Waals surface area contributed by atoms with Crippen LogP contribution in [-0.2, 0) is 4.79 Å². The topological polar surface area (TPSA) is 54.9 Å². The first kappa shape index (κ1) is 12.4. The van der Waals surface area contributed by atoms with E-state index in [1.807, 2.05) is 0 Å². The summed E-state index contributed by atoms with van der Waals surface area (Å²) in [4.78, 5) is 19.0. The molecule has 1 heterocycles. The highest BCUT2D eigenvalue weighted by atomic mass is 35.5. The molecule has 0 radical (unpaired) electrons. The average Bonchev–Trinajstić information content (AvgIpc) is 2.32. The van der Waals surface area contributed by atoms with Crippen molar-refractivity contribution in [3.8, 4) is 11.3 Å². The van der Waals surface area contributed by atoms with Gasteiger partial charge in [-0.25, -0.2) is 9.37 Å². The third-order valence-electron chi connectivity index (χ3n) is 2.15. The van der Waals surface area contributed by atoms with Crippen LogP contribution in [0.3, 0.4) is 0 Å². The zero-order valence-electron chi connectivity index (χ0n) is 9.45. The summed E-state index contributed by atoms with van der Waals surface area (Å²) < 4.78 is 13.0. The minimum absolute atomic E-state index is 0.0132. The highest BCUT2D eigenvalue weighted by molar-refractivity contribution is 6.31. The molecule has 0 unspecified atom stereocenters. The molecule has 6 heteroatoms. The molecule has 18 heavy (non-hydrogen) atoms. The first-order valence-electron chi connectivity index (χ1n) is 5.11. The van der Waals surface area contributed by atoms with Gasteiger partial charge in [-0.05, 0) is 18.2 Å². The van der Waals surface area contributed by atoms with Gasteiger partial charge in [0.05, 0.1) is 23.1 Å². The van der Waals surface area contributed by atoms with Crippen LogP contribution in [0.5, 0.6) is 0 Å². The minimum atomic E-state index is -0.494. The van der Waals surface area contributed by atoms with Gasteiger partial charge in [0.15, 0.2) is 5.82 Å². The third-order valence-corrected chi connectivity index (χ3v) is 2.44. The maximum Gasteiger partial charge on any atom is 0.222 e. The minimum Gasteiger partial charge on any atom is -0.310 e. The van der Waals surface area contributed by atoms with E-state index >= 15 is 0 Å². The number of carbonyl (C=O) groups excluding carboxylic acids is 1. The van der Waals surface area contributed by atoms with Crippen LogP contribution in [0.2, 0.25) is 5.02 Å². The van der Waals surface area contributed by atoms with Gasteiger partial charge in [-0.3, -0.25) is 9.78 Å². The maximum atomic E-state index is 13.0. The molecule has 1 aromatic heterocycles. The monoisotopic (exact) mass is 265 g/mol. The van der Waals surface area contributed by atoms with Gasteiger partial charge in [-0.2, -0.15) is 0 Å². The lowest BCUT2D eigenvalue weighted by atomic mass is 10.1. The molecule has 0 atom stereocenters. The lowest BCUT2D eigenvalue weighted by Gasteiger charge is -2.05. The number of hydrogen-bond acceptors (Lipinski definition) is 3. The average molecular weight is 266 g/mol. The summed E-state index contributed by atoms with van der Waals surface area (Å²) in [6.07, 6.45) is 2.94. The standard InChI is InChI=1S/C12H9ClFN3O/c1-7(18)16-12-6-15-5-11(17-12)8-2-3-10(14)9(13)4-8/h2-6H,1H3,(H,16,17,18). The van der Waals surface area contributed by atoms with Gasteiger partial charge in [-0.15, -0.1) is 0 Å². The van der Waals surface area contributed by atoms with E-state index in [4.69, 9.17) is 11.6 Å². The molecule has 1 aromatic carbocycles. The third kappa shape index (κ3) is 2.81. The second-order valence-electron chi connectivity index (χ2n) is 3.60. The molecule has 1 amide bonds. The first-order valence-corrected chi connectivity index (χ1v) is 5.49. The number of amides is 1. The number of carbonyl (C=O) groups is 1. The van der Waals surface area contributed by atoms with Gasteiger partial charge in [0.25, 0.3) is 0 Å². The molecule has 0 saturated carbocycles. The Labute approximate surface area is 108 Å². The molecule has 2 rings (SSSR count). The van der Waals surface area contributed by atoms with Crippen LogP contribution < -0.4 is 5.32 Å². The fourth-order valence-electron chi connectivity index (χ4n) is 1.40. The summed E-state index contributed by atoms with van der Waals surface area (Å²) in [5.74, 6) is -0.398. The van der Waals surface area contributed by atoms with Crippen molar-refractivity contribution in [1.82, 2.24) is 9.97 Å². The van der Waals surface area contributed by atoms with Crippen molar-refractivity contribution in [2.24, 2.45) is 0 Å². The van der Waals surface area contributed by atoms with E-state index in [2.05, 4.69) is 15.3 Å². The second-order valence-corrected chi connectivity index (χ2v) is 4.01. The fourth-order valence-corrected chi connectivity index (χ4v) is 1.58. The van der Waals surface area contributed by atoms with Gasteiger partial charge < -0.3 is 5.32 Å². The number of nitrogens with zero attached hydrogens (tertiary/aromatic N) is 2. The van der Waals surface area contributed by atoms with E-state index in [9.17, 15) is 9.18 Å². The lowest BCUT2D eigenvalue weighted by molar-refractivity contribution is -0.114. The summed E-state index contributed by atoms with van der Waals surface area (Å²) >= 11 is 5.69. The zero-order valence-corrected chi connectivity index (χ0v) is 10.2. The van der Waals surface area contributed by atoms with Gasteiger partial charge in [0, 0.05) is 12.5 Å². The predicted molar refractivity (Wildman–Crippen MR) is 66.7 cm³/mol. The molecule has 0 spiro atoms. The van der Waals surface area contributed by atoms with Crippen LogP contribution in [0.1, 0.15) is 6.92 Å². The van der Waals surface area contributed by atoms with Crippen molar-refractivity contribution < 1.29 is 9.18 Å². The van der Waals surface area contributed by atoms with E-state index in [1.165, 1.54) is 31.5 Å². The van der Waals surface area contributed by atoms with E-state index in [0.29, 0.717) is 17.1 Å². The molecule has 2 aromatic rings. The maximum absolute atomic E-state index is 13.0. The number of aromatic nitrogens is 2. The second kappa shape index (κ2) is 5.10. The van der Waals surface area contributed by atoms with Crippen molar-refractivity contribution in [3.63, 3.8) is 0 Å². The van der Waals surface area contributed by atoms with Crippen LogP contribution in [0.15, 0.2) is 30.6 Å². The molecule has 92 valence electrons. The Balaban J connectivity index is 2.38. The highest BCUT2D eigenvalue weighted by Crippen LogP contribution is 2.23. The van der Waals surface area contributed by atoms with E-state index < -0.39 is 5.82 Å². The Morgan fingerprint density at radius 2 is 2.17 bits per heavy atom. The number of halogens is 2. The molecule has 4 nitrogen and oxygen atoms in total. The molecule has 0 bridgehead atoms. The van der Waals surface area contributed by atoms with Crippen LogP contribution in [0, 0.1) is 5.82 Å². The van der Waals surface area contributed by atoms with Crippen LogP contribution in [-0.4, -0.2) is 15.9 Å². The number of rotatable bonds is 2. The lowest BCUT2D eigenvalue weighted by Crippen LogP contribution is -2.08. The number of nitrogens with one attached hydrogen (secondary N) is 1. The summed E-state index contributed by atoms with van der Waals surface area (Å²) in [6.45, 7) is 1.38. The Kier molecular flexibility index (Phi) is 3.53. The molecule has 0 aliphatic carbocycles. The van der Waals surface area contributed by atoms with Crippen molar-refractivity contribution in [2.75, 3.05) is 5.32 Å². The number of benzene rings is 1. The van der Waals surface area contributed by atoms with E-state index in [-0.39, 0.29) is 10.9 Å². The predicted octanol–water partition coefficient (Wildman–Crippen LogP) is 2.89. The zero-order chi connectivity index (χ0) is 13.1. The quantitative estimate of drug-likeness (QED) is 0.908. The van der Waals surface area contributed by atoms with Crippen molar-refractivity contribution in [3.05, 3.63) is 41.4 Å². The summed E-state index contributed by atoms with van der Waals surface area (Å²) in [6, 6.07) is 4.26. The van der Waals surface area contributed by atoms with Gasteiger partial charge >= 0.3 is 0 Å². The molecular formula is C12H9ClFN3O. The number of hydrogen-bond donors (Lipinski definition) is 1. The molecule has 0 saturated heterocycles. The number of anilines is 1. The fraction of sp³-hybridized carbons (Fsp3) is 0.0833. The van der Waals surface area contributed by atoms with E-state index in [0.717, 1.165) is 0 Å². The Bertz CT molecular complexity index is 604.